The average Bonchev–Trinajstić information content (AvgIpc) is 3.04. The predicted molar refractivity (Wildman–Crippen MR) is 109 cm³/mol. The first-order chi connectivity index (χ1) is 13.2. The lowest BCUT2D eigenvalue weighted by molar-refractivity contribution is 0.0995. The Morgan fingerprint density at radius 1 is 1.15 bits per heavy atom. The molecule has 4 rings (SSSR count). The van der Waals surface area contributed by atoms with Gasteiger partial charge in [0.2, 0.25) is 0 Å². The average molecular weight is 372 g/mol. The van der Waals surface area contributed by atoms with Crippen LogP contribution in [0.15, 0.2) is 65.7 Å². The van der Waals surface area contributed by atoms with Crippen LogP contribution in [0, 0.1) is 12.3 Å². The third-order valence-electron chi connectivity index (χ3n) is 4.33. The number of para-hydroxylation sites is 1. The minimum Gasteiger partial charge on any atom is -0.496 e. The van der Waals surface area contributed by atoms with Crippen LogP contribution in [-0.4, -0.2) is 17.6 Å². The number of carbonyl (C=O) groups is 1. The molecule has 0 aliphatic rings. The highest BCUT2D eigenvalue weighted by Gasteiger charge is 2.14. The highest BCUT2D eigenvalue weighted by atomic mass is 32.1. The summed E-state index contributed by atoms with van der Waals surface area (Å²) in [4.78, 5) is 17.9. The van der Waals surface area contributed by atoms with E-state index in [1.165, 1.54) is 11.3 Å². The summed E-state index contributed by atoms with van der Waals surface area (Å²) >= 11 is 1.44. The lowest BCUT2D eigenvalue weighted by Gasteiger charge is -2.07. The van der Waals surface area contributed by atoms with E-state index in [1.54, 1.807) is 7.11 Å². The number of aromatic nitrogens is 1. The zero-order valence-corrected chi connectivity index (χ0v) is 15.5. The van der Waals surface area contributed by atoms with Crippen LogP contribution < -0.4 is 9.54 Å². The van der Waals surface area contributed by atoms with Gasteiger partial charge in [0.15, 0.2) is 4.80 Å². The fraction of sp³-hybridized carbons (Fsp3) is 0.0909. The van der Waals surface area contributed by atoms with E-state index >= 15 is 0 Å². The van der Waals surface area contributed by atoms with E-state index in [-0.39, 0.29) is 5.91 Å². The normalized spacial score (nSPS) is 11.6. The summed E-state index contributed by atoms with van der Waals surface area (Å²) in [5, 5.41) is 1.97. The van der Waals surface area contributed by atoms with Crippen LogP contribution in [0.3, 0.4) is 0 Å². The molecule has 0 saturated carbocycles. The van der Waals surface area contributed by atoms with Gasteiger partial charge in [0.05, 0.1) is 29.4 Å². The van der Waals surface area contributed by atoms with Crippen molar-refractivity contribution in [1.29, 1.82) is 0 Å². The van der Waals surface area contributed by atoms with E-state index in [2.05, 4.69) is 10.9 Å². The molecule has 27 heavy (non-hydrogen) atoms. The van der Waals surface area contributed by atoms with E-state index < -0.39 is 0 Å². The van der Waals surface area contributed by atoms with Gasteiger partial charge in [-0.1, -0.05) is 53.7 Å². The fourth-order valence-corrected chi connectivity index (χ4v) is 4.08. The molecule has 4 aromatic rings. The number of rotatable bonds is 3. The monoisotopic (exact) mass is 372 g/mol. The van der Waals surface area contributed by atoms with Crippen molar-refractivity contribution in [3.05, 3.63) is 71.0 Å². The standard InChI is InChI=1S/C22H16N2O2S/c1-3-12-24-18-10-6-7-11-20(18)27-22(24)23-21(25)17-13-15-8-4-5-9-16(15)14-19(17)26-2/h1,4-11,13-14H,12H2,2H3. The highest BCUT2D eigenvalue weighted by Crippen LogP contribution is 2.26. The number of methoxy groups -OCH3 is 1. The number of terminal acetylenes is 1. The molecule has 0 unspecified atom stereocenters. The molecule has 0 spiro atoms. The van der Waals surface area contributed by atoms with Crippen molar-refractivity contribution in [2.24, 2.45) is 4.99 Å². The van der Waals surface area contributed by atoms with Gasteiger partial charge in [0.25, 0.3) is 5.91 Å². The van der Waals surface area contributed by atoms with Gasteiger partial charge >= 0.3 is 0 Å². The van der Waals surface area contributed by atoms with Crippen LogP contribution in [-0.2, 0) is 6.54 Å². The summed E-state index contributed by atoms with van der Waals surface area (Å²) in [6.07, 6.45) is 5.52. The van der Waals surface area contributed by atoms with Gasteiger partial charge in [-0.3, -0.25) is 4.79 Å². The van der Waals surface area contributed by atoms with Crippen molar-refractivity contribution >= 4 is 38.2 Å². The first-order valence-corrected chi connectivity index (χ1v) is 9.20. The van der Waals surface area contributed by atoms with Gasteiger partial charge in [-0.05, 0) is 35.0 Å². The number of nitrogens with zero attached hydrogens (tertiary/aromatic N) is 2. The van der Waals surface area contributed by atoms with Crippen LogP contribution in [0.5, 0.6) is 5.75 Å². The second-order valence-electron chi connectivity index (χ2n) is 5.96. The first kappa shape index (κ1) is 17.1. The minimum absolute atomic E-state index is 0.352. The molecular weight excluding hydrogens is 356 g/mol. The summed E-state index contributed by atoms with van der Waals surface area (Å²) in [6.45, 7) is 0.352. The van der Waals surface area contributed by atoms with Crippen molar-refractivity contribution in [3.63, 3.8) is 0 Å². The van der Waals surface area contributed by atoms with Crippen LogP contribution >= 0.6 is 11.3 Å². The number of amides is 1. The second kappa shape index (κ2) is 7.10. The zero-order valence-electron chi connectivity index (χ0n) is 14.7. The number of hydrogen-bond acceptors (Lipinski definition) is 3. The van der Waals surface area contributed by atoms with Crippen LogP contribution in [0.4, 0.5) is 0 Å². The molecule has 0 atom stereocenters. The van der Waals surface area contributed by atoms with E-state index in [1.807, 2.05) is 65.2 Å². The lowest BCUT2D eigenvalue weighted by atomic mass is 10.1. The smallest absolute Gasteiger partial charge is 0.283 e. The van der Waals surface area contributed by atoms with Crippen LogP contribution in [0.25, 0.3) is 21.0 Å². The van der Waals surface area contributed by atoms with Crippen molar-refractivity contribution in [2.75, 3.05) is 7.11 Å². The second-order valence-corrected chi connectivity index (χ2v) is 6.97. The molecule has 0 aliphatic heterocycles. The fourth-order valence-electron chi connectivity index (χ4n) is 3.05. The van der Waals surface area contributed by atoms with E-state index in [9.17, 15) is 4.79 Å². The van der Waals surface area contributed by atoms with E-state index in [0.29, 0.717) is 22.7 Å². The van der Waals surface area contributed by atoms with Gasteiger partial charge in [0, 0.05) is 0 Å². The molecule has 132 valence electrons. The number of hydrogen-bond donors (Lipinski definition) is 0. The maximum absolute atomic E-state index is 13.0. The summed E-state index contributed by atoms with van der Waals surface area (Å²) in [5.74, 6) is 2.79. The highest BCUT2D eigenvalue weighted by molar-refractivity contribution is 7.16. The first-order valence-electron chi connectivity index (χ1n) is 8.39. The third-order valence-corrected chi connectivity index (χ3v) is 5.39. The Labute approximate surface area is 160 Å². The van der Waals surface area contributed by atoms with Crippen LogP contribution in [0.1, 0.15) is 10.4 Å². The van der Waals surface area contributed by atoms with Gasteiger partial charge in [-0.15, -0.1) is 6.42 Å². The summed E-state index contributed by atoms with van der Waals surface area (Å²) < 4.78 is 8.34. The summed E-state index contributed by atoms with van der Waals surface area (Å²) in [6, 6.07) is 19.4. The summed E-state index contributed by atoms with van der Waals surface area (Å²) in [5.41, 5.74) is 1.40. The Morgan fingerprint density at radius 3 is 2.59 bits per heavy atom. The Morgan fingerprint density at radius 2 is 1.85 bits per heavy atom. The quantitative estimate of drug-likeness (QED) is 0.505. The molecule has 5 heteroatoms. The maximum Gasteiger partial charge on any atom is 0.283 e. The zero-order chi connectivity index (χ0) is 18.8. The predicted octanol–water partition coefficient (Wildman–Crippen LogP) is 4.24. The summed E-state index contributed by atoms with van der Waals surface area (Å²) in [7, 11) is 1.55. The van der Waals surface area contributed by atoms with Crippen molar-refractivity contribution in [2.45, 2.75) is 6.54 Å². The molecule has 1 aromatic heterocycles. The molecular formula is C22H16N2O2S. The van der Waals surface area contributed by atoms with Gasteiger partial charge in [0.1, 0.15) is 5.75 Å². The van der Waals surface area contributed by atoms with E-state index in [4.69, 9.17) is 11.2 Å². The number of benzene rings is 3. The Balaban J connectivity index is 1.89. The largest absolute Gasteiger partial charge is 0.496 e. The topological polar surface area (TPSA) is 43.6 Å². The van der Waals surface area contributed by atoms with Crippen molar-refractivity contribution in [1.82, 2.24) is 4.57 Å². The number of carbonyl (C=O) groups excluding carboxylic acids is 1. The maximum atomic E-state index is 13.0. The molecule has 1 heterocycles. The Bertz CT molecular complexity index is 1270. The molecule has 0 aliphatic carbocycles. The minimum atomic E-state index is -0.352. The molecule has 3 aromatic carbocycles. The van der Waals surface area contributed by atoms with Crippen LogP contribution in [0.2, 0.25) is 0 Å². The lowest BCUT2D eigenvalue weighted by Crippen LogP contribution is -2.16. The SMILES string of the molecule is C#CCn1c(=NC(=O)c2cc3ccccc3cc2OC)sc2ccccc21. The Kier molecular flexibility index (Phi) is 4.49. The number of thiazole rings is 1. The van der Waals surface area contributed by atoms with Crippen molar-refractivity contribution in [3.8, 4) is 18.1 Å². The molecule has 4 nitrogen and oxygen atoms in total. The van der Waals surface area contributed by atoms with E-state index in [0.717, 1.165) is 21.0 Å². The van der Waals surface area contributed by atoms with Gasteiger partial charge < -0.3 is 9.30 Å². The van der Waals surface area contributed by atoms with Crippen molar-refractivity contribution < 1.29 is 9.53 Å². The number of fused-ring (bicyclic) bond motifs is 2. The van der Waals surface area contributed by atoms with Gasteiger partial charge in [-0.25, -0.2) is 0 Å². The van der Waals surface area contributed by atoms with Gasteiger partial charge in [-0.2, -0.15) is 4.99 Å². The Hall–Kier alpha value is -3.36. The molecule has 0 saturated heterocycles. The molecule has 0 bridgehead atoms. The molecule has 0 radical (unpaired) electrons. The molecule has 0 N–H and O–H groups in total. The molecule has 0 fully saturated rings. The molecule has 1 amide bonds. The number of ether oxygens (including phenoxy) is 1. The third kappa shape index (κ3) is 3.12.